The molecule has 0 atom stereocenters. The SMILES string of the molecule is COc1ccc(NC(=O)CSc2nc(N)nc3nc[nH]c23)cc1OS(C)(=O)=O. The van der Waals surface area contributed by atoms with Crippen LogP contribution in [0.1, 0.15) is 0 Å². The van der Waals surface area contributed by atoms with E-state index in [4.69, 9.17) is 14.7 Å². The van der Waals surface area contributed by atoms with Gasteiger partial charge >= 0.3 is 10.1 Å². The first-order chi connectivity index (χ1) is 13.2. The van der Waals surface area contributed by atoms with Crippen molar-refractivity contribution in [3.63, 3.8) is 0 Å². The summed E-state index contributed by atoms with van der Waals surface area (Å²) in [5.41, 5.74) is 6.98. The average Bonchev–Trinajstić information content (AvgIpc) is 3.07. The molecule has 0 aliphatic rings. The average molecular weight is 424 g/mol. The van der Waals surface area contributed by atoms with Crippen molar-refractivity contribution in [2.75, 3.05) is 30.2 Å². The largest absolute Gasteiger partial charge is 0.493 e. The number of thioether (sulfide) groups is 1. The number of nitrogen functional groups attached to an aromatic ring is 1. The Bertz CT molecular complexity index is 1130. The zero-order chi connectivity index (χ0) is 20.3. The van der Waals surface area contributed by atoms with Crippen molar-refractivity contribution in [1.29, 1.82) is 0 Å². The lowest BCUT2D eigenvalue weighted by atomic mass is 10.3. The summed E-state index contributed by atoms with van der Waals surface area (Å²) in [6, 6.07) is 4.41. The summed E-state index contributed by atoms with van der Waals surface area (Å²) in [6.07, 6.45) is 2.38. The highest BCUT2D eigenvalue weighted by atomic mass is 32.2. The van der Waals surface area contributed by atoms with E-state index in [0.717, 1.165) is 18.0 Å². The van der Waals surface area contributed by atoms with Gasteiger partial charge in [0, 0.05) is 11.8 Å². The van der Waals surface area contributed by atoms with E-state index in [1.807, 2.05) is 0 Å². The number of amides is 1. The molecule has 2 heterocycles. The molecule has 28 heavy (non-hydrogen) atoms. The number of ether oxygens (including phenoxy) is 1. The molecule has 0 fully saturated rings. The molecule has 0 aliphatic carbocycles. The summed E-state index contributed by atoms with van der Waals surface area (Å²) < 4.78 is 32.7. The van der Waals surface area contributed by atoms with Gasteiger partial charge in [-0.25, -0.2) is 9.97 Å². The second-order valence-corrected chi connectivity index (χ2v) is 8.02. The van der Waals surface area contributed by atoms with E-state index in [-0.39, 0.29) is 29.1 Å². The molecule has 0 saturated heterocycles. The maximum absolute atomic E-state index is 12.3. The maximum atomic E-state index is 12.3. The zero-order valence-corrected chi connectivity index (χ0v) is 16.4. The third kappa shape index (κ3) is 4.80. The van der Waals surface area contributed by atoms with Gasteiger partial charge in [0.05, 0.1) is 25.4 Å². The molecule has 0 aliphatic heterocycles. The monoisotopic (exact) mass is 424 g/mol. The molecule has 4 N–H and O–H groups in total. The molecule has 1 aromatic carbocycles. The van der Waals surface area contributed by atoms with Crippen LogP contribution in [0.25, 0.3) is 11.2 Å². The zero-order valence-electron chi connectivity index (χ0n) is 14.8. The van der Waals surface area contributed by atoms with Crippen molar-refractivity contribution in [3.05, 3.63) is 24.5 Å². The molecule has 0 spiro atoms. The van der Waals surface area contributed by atoms with Crippen LogP contribution in [-0.2, 0) is 14.9 Å². The van der Waals surface area contributed by atoms with Gasteiger partial charge in [-0.05, 0) is 12.1 Å². The van der Waals surface area contributed by atoms with Gasteiger partial charge in [-0.15, -0.1) is 0 Å². The van der Waals surface area contributed by atoms with Crippen LogP contribution in [0.5, 0.6) is 11.5 Å². The highest BCUT2D eigenvalue weighted by Crippen LogP contribution is 2.31. The lowest BCUT2D eigenvalue weighted by molar-refractivity contribution is -0.113. The summed E-state index contributed by atoms with van der Waals surface area (Å²) in [5.74, 6) is -0.0709. The van der Waals surface area contributed by atoms with Crippen LogP contribution in [0, 0.1) is 0 Å². The molecule has 0 bridgehead atoms. The molecule has 3 aromatic rings. The second-order valence-electron chi connectivity index (χ2n) is 5.48. The summed E-state index contributed by atoms with van der Waals surface area (Å²) in [6.45, 7) is 0. The number of hydrogen-bond acceptors (Lipinski definition) is 10. The minimum absolute atomic E-state index is 0.0267. The fraction of sp³-hybridized carbons (Fsp3) is 0.200. The minimum atomic E-state index is -3.75. The fourth-order valence-electron chi connectivity index (χ4n) is 2.24. The first-order valence-corrected chi connectivity index (χ1v) is 10.5. The predicted molar refractivity (Wildman–Crippen MR) is 104 cm³/mol. The number of nitrogens with zero attached hydrogens (tertiary/aromatic N) is 3. The van der Waals surface area contributed by atoms with E-state index in [9.17, 15) is 13.2 Å². The number of methoxy groups -OCH3 is 1. The number of aromatic amines is 1. The fourth-order valence-corrected chi connectivity index (χ4v) is 3.49. The third-order valence-corrected chi connectivity index (χ3v) is 4.76. The van der Waals surface area contributed by atoms with Crippen molar-refractivity contribution in [2.45, 2.75) is 5.03 Å². The Hall–Kier alpha value is -3.06. The number of hydrogen-bond donors (Lipinski definition) is 3. The van der Waals surface area contributed by atoms with Crippen LogP contribution >= 0.6 is 11.8 Å². The summed E-state index contributed by atoms with van der Waals surface area (Å²) in [7, 11) is -2.37. The van der Waals surface area contributed by atoms with Crippen LogP contribution in [0.3, 0.4) is 0 Å². The van der Waals surface area contributed by atoms with Crippen LogP contribution < -0.4 is 20.0 Å². The number of nitrogens with one attached hydrogen (secondary N) is 2. The number of rotatable bonds is 7. The number of nitrogens with two attached hydrogens (primary N) is 1. The Balaban J connectivity index is 1.71. The van der Waals surface area contributed by atoms with Crippen molar-refractivity contribution >= 4 is 50.6 Å². The Morgan fingerprint density at radius 1 is 1.32 bits per heavy atom. The van der Waals surface area contributed by atoms with Gasteiger partial charge in [-0.1, -0.05) is 11.8 Å². The van der Waals surface area contributed by atoms with Gasteiger partial charge in [0.2, 0.25) is 11.9 Å². The van der Waals surface area contributed by atoms with Crippen LogP contribution in [0.15, 0.2) is 29.6 Å². The normalized spacial score (nSPS) is 11.4. The maximum Gasteiger partial charge on any atom is 0.306 e. The van der Waals surface area contributed by atoms with Crippen molar-refractivity contribution in [3.8, 4) is 11.5 Å². The van der Waals surface area contributed by atoms with E-state index in [2.05, 4.69) is 25.3 Å². The first kappa shape index (κ1) is 19.7. The highest BCUT2D eigenvalue weighted by molar-refractivity contribution is 8.00. The van der Waals surface area contributed by atoms with E-state index < -0.39 is 10.1 Å². The number of anilines is 2. The lowest BCUT2D eigenvalue weighted by Crippen LogP contribution is -2.15. The molecular formula is C15H16N6O5S2. The smallest absolute Gasteiger partial charge is 0.306 e. The van der Waals surface area contributed by atoms with Gasteiger partial charge < -0.3 is 25.0 Å². The summed E-state index contributed by atoms with van der Waals surface area (Å²) in [5, 5.41) is 3.15. The Morgan fingerprint density at radius 2 is 2.11 bits per heavy atom. The molecule has 3 rings (SSSR count). The number of aromatic nitrogens is 4. The molecule has 0 unspecified atom stereocenters. The van der Waals surface area contributed by atoms with Crippen LogP contribution in [0.4, 0.5) is 11.6 Å². The molecule has 11 nitrogen and oxygen atoms in total. The molecule has 0 radical (unpaired) electrons. The molecular weight excluding hydrogens is 408 g/mol. The lowest BCUT2D eigenvalue weighted by Gasteiger charge is -2.11. The summed E-state index contributed by atoms with van der Waals surface area (Å²) in [4.78, 5) is 27.3. The molecule has 0 saturated carbocycles. The number of imidazole rings is 1. The number of carbonyl (C=O) groups is 1. The van der Waals surface area contributed by atoms with Crippen molar-refractivity contribution in [2.24, 2.45) is 0 Å². The summed E-state index contributed by atoms with van der Waals surface area (Å²) >= 11 is 1.15. The van der Waals surface area contributed by atoms with Crippen LogP contribution in [-0.4, -0.2) is 53.4 Å². The number of benzene rings is 1. The Kier molecular flexibility index (Phi) is 5.56. The highest BCUT2D eigenvalue weighted by Gasteiger charge is 2.14. The molecule has 13 heteroatoms. The van der Waals surface area contributed by atoms with Gasteiger partial charge in [0.1, 0.15) is 10.5 Å². The van der Waals surface area contributed by atoms with Crippen molar-refractivity contribution < 1.29 is 22.1 Å². The first-order valence-electron chi connectivity index (χ1n) is 7.72. The number of carbonyl (C=O) groups excluding carboxylic acids is 1. The quantitative estimate of drug-likeness (QED) is 0.283. The number of fused-ring (bicyclic) bond motifs is 1. The van der Waals surface area contributed by atoms with Crippen LogP contribution in [0.2, 0.25) is 0 Å². The second kappa shape index (κ2) is 7.90. The molecule has 1 amide bonds. The third-order valence-electron chi connectivity index (χ3n) is 3.30. The van der Waals surface area contributed by atoms with Gasteiger partial charge in [0.25, 0.3) is 0 Å². The van der Waals surface area contributed by atoms with Crippen molar-refractivity contribution in [1.82, 2.24) is 19.9 Å². The van der Waals surface area contributed by atoms with E-state index in [0.29, 0.717) is 21.9 Å². The Morgan fingerprint density at radius 3 is 2.82 bits per heavy atom. The molecule has 148 valence electrons. The van der Waals surface area contributed by atoms with Gasteiger partial charge in [0.15, 0.2) is 17.1 Å². The van der Waals surface area contributed by atoms with E-state index in [1.165, 1.54) is 25.6 Å². The van der Waals surface area contributed by atoms with E-state index >= 15 is 0 Å². The van der Waals surface area contributed by atoms with E-state index in [1.54, 1.807) is 6.07 Å². The molecule has 2 aromatic heterocycles. The predicted octanol–water partition coefficient (Wildman–Crippen LogP) is 1.01. The topological polar surface area (TPSA) is 162 Å². The van der Waals surface area contributed by atoms with Gasteiger partial charge in [-0.3, -0.25) is 4.79 Å². The van der Waals surface area contributed by atoms with Gasteiger partial charge in [-0.2, -0.15) is 13.4 Å². The minimum Gasteiger partial charge on any atom is -0.493 e. The number of H-pyrrole nitrogens is 1. The Labute approximate surface area is 164 Å². The standard InChI is InChI=1S/C15H16N6O5S2/c1-25-9-4-3-8(5-10(9)26-28(2,23)24)19-11(22)6-27-14-12-13(18-7-17-12)20-15(16)21-14/h3-5,7H,6H2,1-2H3,(H,19,22)(H3,16,17,18,20,21).